The Morgan fingerprint density at radius 2 is 1.61 bits per heavy atom. The Bertz CT molecular complexity index is 464. The molecule has 1 rings (SSSR count). The van der Waals surface area contributed by atoms with Crippen LogP contribution in [0.25, 0.3) is 0 Å². The molecule has 1 unspecified atom stereocenters. The lowest BCUT2D eigenvalue weighted by Crippen LogP contribution is -2.06. The van der Waals surface area contributed by atoms with Crippen LogP contribution in [0.2, 0.25) is 0 Å². The fourth-order valence-corrected chi connectivity index (χ4v) is 1.86. The van der Waals surface area contributed by atoms with Crippen LogP contribution in [0.1, 0.15) is 0 Å². The monoisotopic (exact) mass is 277 g/mol. The summed E-state index contributed by atoms with van der Waals surface area (Å²) < 4.78 is 31.7. The molecule has 0 aliphatic heterocycles. The molecule has 0 bridgehead atoms. The Labute approximate surface area is 105 Å². The fraction of sp³-hybridized carbons (Fsp3) is 0.400. The Morgan fingerprint density at radius 3 is 2.06 bits per heavy atom. The summed E-state index contributed by atoms with van der Waals surface area (Å²) in [5.41, 5.74) is 5.14. The maximum Gasteiger partial charge on any atom is 0.390 e. The van der Waals surface area contributed by atoms with E-state index >= 15 is 0 Å². The lowest BCUT2D eigenvalue weighted by molar-refractivity contribution is 0.311. The third kappa shape index (κ3) is 3.07. The lowest BCUT2D eigenvalue weighted by atomic mass is 10.2. The highest BCUT2D eigenvalue weighted by Gasteiger charge is 2.24. The highest BCUT2D eigenvalue weighted by Crippen LogP contribution is 2.50. The van der Waals surface area contributed by atoms with Gasteiger partial charge in [0.1, 0.15) is 6.29 Å². The van der Waals surface area contributed by atoms with Crippen molar-refractivity contribution in [2.75, 3.05) is 27.6 Å². The zero-order chi connectivity index (χ0) is 13.8. The summed E-state index contributed by atoms with van der Waals surface area (Å²) in [5, 5.41) is 0. The van der Waals surface area contributed by atoms with Crippen molar-refractivity contribution in [3.63, 3.8) is 0 Å². The number of rotatable bonds is 6. The minimum Gasteiger partial charge on any atom is -0.493 e. The molecule has 1 atom stereocenters. The minimum atomic E-state index is -3.89. The highest BCUT2D eigenvalue weighted by molar-refractivity contribution is 7.53. The van der Waals surface area contributed by atoms with Crippen LogP contribution in [0.4, 0.5) is 0 Å². The van der Waals surface area contributed by atoms with Gasteiger partial charge in [0.25, 0.3) is 0 Å². The molecule has 0 heterocycles. The SMILES string of the molecule is COc1ccc(OP(=O)(O)CN)c(OC)c1OC. The smallest absolute Gasteiger partial charge is 0.390 e. The fourth-order valence-electron chi connectivity index (χ4n) is 1.34. The number of benzene rings is 1. The van der Waals surface area contributed by atoms with Gasteiger partial charge in [-0.15, -0.1) is 0 Å². The molecule has 0 fully saturated rings. The summed E-state index contributed by atoms with van der Waals surface area (Å²) in [6, 6.07) is 2.98. The van der Waals surface area contributed by atoms with Crippen molar-refractivity contribution >= 4 is 7.60 Å². The van der Waals surface area contributed by atoms with E-state index in [-0.39, 0.29) is 17.2 Å². The van der Waals surface area contributed by atoms with E-state index in [4.69, 9.17) is 24.5 Å². The van der Waals surface area contributed by atoms with E-state index in [1.807, 2.05) is 0 Å². The molecule has 1 aromatic rings. The topological polar surface area (TPSA) is 100 Å². The second-order valence-corrected chi connectivity index (χ2v) is 5.07. The number of ether oxygens (including phenoxy) is 3. The molecule has 8 heteroatoms. The Balaban J connectivity index is 3.25. The van der Waals surface area contributed by atoms with Gasteiger partial charge >= 0.3 is 7.60 Å². The molecule has 1 aromatic carbocycles. The summed E-state index contributed by atoms with van der Waals surface area (Å²) in [7, 11) is 0.385. The van der Waals surface area contributed by atoms with Crippen molar-refractivity contribution < 1.29 is 28.2 Å². The van der Waals surface area contributed by atoms with E-state index in [0.717, 1.165) is 0 Å². The second-order valence-electron chi connectivity index (χ2n) is 3.24. The first kappa shape index (κ1) is 14.6. The van der Waals surface area contributed by atoms with E-state index < -0.39 is 13.9 Å². The number of hydrogen-bond acceptors (Lipinski definition) is 6. The predicted octanol–water partition coefficient (Wildman–Crippen LogP) is 1.19. The van der Waals surface area contributed by atoms with E-state index in [1.165, 1.54) is 33.5 Å². The molecule has 0 amide bonds. The van der Waals surface area contributed by atoms with Gasteiger partial charge in [-0.2, -0.15) is 0 Å². The summed E-state index contributed by atoms with van der Waals surface area (Å²) in [4.78, 5) is 9.37. The van der Waals surface area contributed by atoms with Gasteiger partial charge in [0.2, 0.25) is 11.5 Å². The van der Waals surface area contributed by atoms with Crippen LogP contribution >= 0.6 is 7.60 Å². The first-order chi connectivity index (χ1) is 8.49. The van der Waals surface area contributed by atoms with Crippen LogP contribution in [-0.2, 0) is 4.57 Å². The summed E-state index contributed by atoms with van der Waals surface area (Å²) >= 11 is 0. The zero-order valence-corrected chi connectivity index (χ0v) is 11.3. The van der Waals surface area contributed by atoms with Gasteiger partial charge < -0.3 is 29.4 Å². The lowest BCUT2D eigenvalue weighted by Gasteiger charge is -2.17. The maximum atomic E-state index is 11.5. The molecule has 7 nitrogen and oxygen atoms in total. The van der Waals surface area contributed by atoms with Crippen LogP contribution in [0.15, 0.2) is 12.1 Å². The van der Waals surface area contributed by atoms with Gasteiger partial charge in [0.05, 0.1) is 21.3 Å². The van der Waals surface area contributed by atoms with Gasteiger partial charge in [-0.3, -0.25) is 0 Å². The van der Waals surface area contributed by atoms with Crippen LogP contribution < -0.4 is 24.5 Å². The first-order valence-corrected chi connectivity index (χ1v) is 6.75. The molecule has 0 aromatic heterocycles. The number of methoxy groups -OCH3 is 3. The minimum absolute atomic E-state index is 0.0615. The molecule has 0 saturated carbocycles. The molecule has 0 aliphatic rings. The average Bonchev–Trinajstić information content (AvgIpc) is 2.37. The molecule has 0 aliphatic carbocycles. The maximum absolute atomic E-state index is 11.5. The van der Waals surface area contributed by atoms with E-state index in [0.29, 0.717) is 5.75 Å². The first-order valence-electron chi connectivity index (χ1n) is 4.99. The summed E-state index contributed by atoms with van der Waals surface area (Å²) in [6.07, 6.45) is -0.496. The van der Waals surface area contributed by atoms with E-state index in [9.17, 15) is 9.46 Å². The predicted molar refractivity (Wildman–Crippen MR) is 65.6 cm³/mol. The van der Waals surface area contributed by atoms with Crippen molar-refractivity contribution in [1.29, 1.82) is 0 Å². The standard InChI is InChI=1S/C10H16NO6P/c1-14-7-4-5-8(17-18(12,13)6-11)10(16-3)9(7)15-2/h4-5H,6,11H2,1-3H3,(H,12,13). The quantitative estimate of drug-likeness (QED) is 0.753. The Hall–Kier alpha value is -1.43. The molecule has 0 saturated heterocycles. The van der Waals surface area contributed by atoms with Crippen molar-refractivity contribution in [3.8, 4) is 23.0 Å². The summed E-state index contributed by atoms with van der Waals surface area (Å²) in [6.45, 7) is 0. The average molecular weight is 277 g/mol. The second kappa shape index (κ2) is 5.95. The third-order valence-electron chi connectivity index (χ3n) is 2.14. The molecular formula is C10H16NO6P. The Morgan fingerprint density at radius 1 is 1.11 bits per heavy atom. The summed E-state index contributed by atoms with van der Waals surface area (Å²) in [5.74, 6) is 0.919. The molecule has 3 N–H and O–H groups in total. The van der Waals surface area contributed by atoms with Crippen molar-refractivity contribution in [3.05, 3.63) is 12.1 Å². The van der Waals surface area contributed by atoms with Crippen molar-refractivity contribution in [2.24, 2.45) is 5.73 Å². The van der Waals surface area contributed by atoms with Gasteiger partial charge in [0.15, 0.2) is 11.5 Å². The largest absolute Gasteiger partial charge is 0.493 e. The van der Waals surface area contributed by atoms with Gasteiger partial charge in [-0.25, -0.2) is 4.57 Å². The van der Waals surface area contributed by atoms with Crippen molar-refractivity contribution in [1.82, 2.24) is 0 Å². The third-order valence-corrected chi connectivity index (χ3v) is 3.08. The Kier molecular flexibility index (Phi) is 4.84. The number of hydrogen-bond donors (Lipinski definition) is 2. The van der Waals surface area contributed by atoms with Gasteiger partial charge in [-0.05, 0) is 12.1 Å². The molecule has 0 radical (unpaired) electrons. The molecule has 18 heavy (non-hydrogen) atoms. The van der Waals surface area contributed by atoms with Gasteiger partial charge in [-0.1, -0.05) is 0 Å². The van der Waals surface area contributed by atoms with Crippen LogP contribution in [0.3, 0.4) is 0 Å². The van der Waals surface area contributed by atoms with Crippen molar-refractivity contribution in [2.45, 2.75) is 0 Å². The highest BCUT2D eigenvalue weighted by atomic mass is 31.2. The van der Waals surface area contributed by atoms with Crippen LogP contribution in [-0.4, -0.2) is 32.5 Å². The van der Waals surface area contributed by atoms with Crippen LogP contribution in [0, 0.1) is 0 Å². The van der Waals surface area contributed by atoms with E-state index in [2.05, 4.69) is 0 Å². The normalized spacial score (nSPS) is 13.6. The van der Waals surface area contributed by atoms with Crippen LogP contribution in [0.5, 0.6) is 23.0 Å². The number of nitrogens with two attached hydrogens (primary N) is 1. The molecule has 102 valence electrons. The zero-order valence-electron chi connectivity index (χ0n) is 10.4. The van der Waals surface area contributed by atoms with E-state index in [1.54, 1.807) is 0 Å². The molecule has 0 spiro atoms. The molecular weight excluding hydrogens is 261 g/mol. The van der Waals surface area contributed by atoms with Gasteiger partial charge in [0, 0.05) is 0 Å².